The van der Waals surface area contributed by atoms with Crippen LogP contribution in [0, 0.1) is 6.92 Å². The van der Waals surface area contributed by atoms with E-state index in [0.29, 0.717) is 17.9 Å². The van der Waals surface area contributed by atoms with E-state index in [1.807, 2.05) is 42.6 Å². The molecule has 154 valence electrons. The third-order valence-corrected chi connectivity index (χ3v) is 5.68. The van der Waals surface area contributed by atoms with Crippen molar-refractivity contribution in [2.45, 2.75) is 51.6 Å². The van der Waals surface area contributed by atoms with Gasteiger partial charge in [0.1, 0.15) is 5.82 Å². The van der Waals surface area contributed by atoms with Gasteiger partial charge in [0.15, 0.2) is 0 Å². The SMILES string of the molecule is Cc1ccccc1-c1ccc(C(=O)NC2CCCCC2)c(NCc2cccnc2)n1. The molecule has 3 aromatic rings. The van der Waals surface area contributed by atoms with Crippen LogP contribution < -0.4 is 10.6 Å². The number of amides is 1. The first kappa shape index (κ1) is 20.1. The number of anilines is 1. The number of aryl methyl sites for hydroxylation is 1. The van der Waals surface area contributed by atoms with Crippen molar-refractivity contribution in [3.8, 4) is 11.3 Å². The van der Waals surface area contributed by atoms with Crippen molar-refractivity contribution in [2.75, 3.05) is 5.32 Å². The number of hydrogen-bond acceptors (Lipinski definition) is 4. The van der Waals surface area contributed by atoms with Crippen LogP contribution in [0.5, 0.6) is 0 Å². The molecule has 1 fully saturated rings. The van der Waals surface area contributed by atoms with Crippen molar-refractivity contribution in [3.05, 3.63) is 77.6 Å². The lowest BCUT2D eigenvalue weighted by Gasteiger charge is -2.23. The van der Waals surface area contributed by atoms with Crippen LogP contribution in [-0.2, 0) is 6.54 Å². The fraction of sp³-hybridized carbons (Fsp3) is 0.320. The highest BCUT2D eigenvalue weighted by Crippen LogP contribution is 2.26. The number of carbonyl (C=O) groups is 1. The zero-order chi connectivity index (χ0) is 20.8. The van der Waals surface area contributed by atoms with Crippen LogP contribution >= 0.6 is 0 Å². The second-order valence-corrected chi connectivity index (χ2v) is 7.93. The maximum atomic E-state index is 13.1. The summed E-state index contributed by atoms with van der Waals surface area (Å²) in [6, 6.07) is 16.2. The molecule has 0 atom stereocenters. The molecule has 1 aromatic carbocycles. The zero-order valence-corrected chi connectivity index (χ0v) is 17.4. The Labute approximate surface area is 178 Å². The third kappa shape index (κ3) is 4.85. The molecule has 1 aliphatic carbocycles. The topological polar surface area (TPSA) is 66.9 Å². The molecule has 2 N–H and O–H groups in total. The first-order valence-corrected chi connectivity index (χ1v) is 10.7. The van der Waals surface area contributed by atoms with Crippen LogP contribution in [0.2, 0.25) is 0 Å². The summed E-state index contributed by atoms with van der Waals surface area (Å²) in [5.41, 5.74) is 4.71. The van der Waals surface area contributed by atoms with Gasteiger partial charge in [0.2, 0.25) is 0 Å². The van der Waals surface area contributed by atoms with Gasteiger partial charge in [-0.05, 0) is 49.1 Å². The average molecular weight is 401 g/mol. The molecule has 1 aliphatic rings. The summed E-state index contributed by atoms with van der Waals surface area (Å²) >= 11 is 0. The van der Waals surface area contributed by atoms with Gasteiger partial charge in [-0.25, -0.2) is 4.98 Å². The molecule has 1 amide bonds. The minimum Gasteiger partial charge on any atom is -0.365 e. The minimum absolute atomic E-state index is 0.0561. The van der Waals surface area contributed by atoms with E-state index < -0.39 is 0 Å². The Balaban J connectivity index is 1.61. The van der Waals surface area contributed by atoms with E-state index in [9.17, 15) is 4.79 Å². The number of nitrogens with one attached hydrogen (secondary N) is 2. The van der Waals surface area contributed by atoms with Gasteiger partial charge in [-0.15, -0.1) is 0 Å². The van der Waals surface area contributed by atoms with Crippen LogP contribution in [0.15, 0.2) is 60.9 Å². The van der Waals surface area contributed by atoms with Gasteiger partial charge in [0.05, 0.1) is 11.3 Å². The summed E-state index contributed by atoms with van der Waals surface area (Å²) in [6.07, 6.45) is 9.31. The van der Waals surface area contributed by atoms with Gasteiger partial charge in [0, 0.05) is 30.5 Å². The van der Waals surface area contributed by atoms with Crippen molar-refractivity contribution >= 4 is 11.7 Å². The van der Waals surface area contributed by atoms with Crippen LogP contribution in [0.4, 0.5) is 5.82 Å². The van der Waals surface area contributed by atoms with E-state index in [2.05, 4.69) is 34.7 Å². The monoisotopic (exact) mass is 400 g/mol. The highest BCUT2D eigenvalue weighted by molar-refractivity contribution is 5.99. The first-order valence-electron chi connectivity index (χ1n) is 10.7. The number of nitrogens with zero attached hydrogens (tertiary/aromatic N) is 2. The largest absolute Gasteiger partial charge is 0.365 e. The summed E-state index contributed by atoms with van der Waals surface area (Å²) in [6.45, 7) is 2.63. The Morgan fingerprint density at radius 3 is 2.63 bits per heavy atom. The zero-order valence-electron chi connectivity index (χ0n) is 17.4. The Morgan fingerprint density at radius 2 is 1.87 bits per heavy atom. The maximum Gasteiger partial charge on any atom is 0.255 e. The van der Waals surface area contributed by atoms with Crippen LogP contribution in [-0.4, -0.2) is 21.9 Å². The summed E-state index contributed by atoms with van der Waals surface area (Å²) < 4.78 is 0. The first-order chi connectivity index (χ1) is 14.7. The number of carbonyl (C=O) groups excluding carboxylic acids is 1. The number of pyridine rings is 2. The molecule has 0 aliphatic heterocycles. The fourth-order valence-electron chi connectivity index (χ4n) is 3.99. The normalized spacial score (nSPS) is 14.3. The van der Waals surface area contributed by atoms with Crippen molar-refractivity contribution in [1.29, 1.82) is 0 Å². The summed E-state index contributed by atoms with van der Waals surface area (Å²) in [7, 11) is 0. The number of hydrogen-bond donors (Lipinski definition) is 2. The lowest BCUT2D eigenvalue weighted by atomic mass is 9.95. The maximum absolute atomic E-state index is 13.1. The lowest BCUT2D eigenvalue weighted by Crippen LogP contribution is -2.36. The quantitative estimate of drug-likeness (QED) is 0.602. The molecular formula is C25H28N4O. The van der Waals surface area contributed by atoms with Gasteiger partial charge in [0.25, 0.3) is 5.91 Å². The third-order valence-electron chi connectivity index (χ3n) is 5.68. The van der Waals surface area contributed by atoms with Crippen LogP contribution in [0.3, 0.4) is 0 Å². The Morgan fingerprint density at radius 1 is 1.03 bits per heavy atom. The Hall–Kier alpha value is -3.21. The molecule has 0 bridgehead atoms. The van der Waals surface area contributed by atoms with E-state index >= 15 is 0 Å². The molecule has 5 nitrogen and oxygen atoms in total. The second kappa shape index (κ2) is 9.53. The van der Waals surface area contributed by atoms with Crippen molar-refractivity contribution in [3.63, 3.8) is 0 Å². The van der Waals surface area contributed by atoms with Gasteiger partial charge in [-0.3, -0.25) is 9.78 Å². The van der Waals surface area contributed by atoms with Crippen molar-refractivity contribution in [2.24, 2.45) is 0 Å². The van der Waals surface area contributed by atoms with E-state index in [1.54, 1.807) is 6.20 Å². The van der Waals surface area contributed by atoms with Gasteiger partial charge >= 0.3 is 0 Å². The predicted molar refractivity (Wildman–Crippen MR) is 120 cm³/mol. The van der Waals surface area contributed by atoms with Gasteiger partial charge in [-0.1, -0.05) is 49.6 Å². The van der Waals surface area contributed by atoms with Gasteiger partial charge < -0.3 is 10.6 Å². The van der Waals surface area contributed by atoms with Gasteiger partial charge in [-0.2, -0.15) is 0 Å². The fourth-order valence-corrected chi connectivity index (χ4v) is 3.99. The van der Waals surface area contributed by atoms with E-state index in [1.165, 1.54) is 19.3 Å². The van der Waals surface area contributed by atoms with E-state index in [4.69, 9.17) is 4.98 Å². The van der Waals surface area contributed by atoms with E-state index in [0.717, 1.165) is 35.2 Å². The second-order valence-electron chi connectivity index (χ2n) is 7.93. The van der Waals surface area contributed by atoms with Crippen molar-refractivity contribution < 1.29 is 4.79 Å². The molecule has 0 spiro atoms. The minimum atomic E-state index is -0.0561. The smallest absolute Gasteiger partial charge is 0.255 e. The molecular weight excluding hydrogens is 372 g/mol. The summed E-state index contributed by atoms with van der Waals surface area (Å²) in [4.78, 5) is 22.1. The number of benzene rings is 1. The Kier molecular flexibility index (Phi) is 6.38. The molecule has 2 aromatic heterocycles. The highest BCUT2D eigenvalue weighted by Gasteiger charge is 2.20. The molecule has 0 unspecified atom stereocenters. The van der Waals surface area contributed by atoms with Crippen LogP contribution in [0.1, 0.15) is 53.6 Å². The molecule has 0 radical (unpaired) electrons. The molecule has 2 heterocycles. The molecule has 0 saturated heterocycles. The average Bonchev–Trinajstić information content (AvgIpc) is 2.79. The van der Waals surface area contributed by atoms with Crippen LogP contribution in [0.25, 0.3) is 11.3 Å². The predicted octanol–water partition coefficient (Wildman–Crippen LogP) is 5.13. The standard InChI is InChI=1S/C25H28N4O/c1-18-8-5-6-12-21(18)23-14-13-22(25(30)28-20-10-3-2-4-11-20)24(29-23)27-17-19-9-7-15-26-16-19/h5-9,12-16,20H,2-4,10-11,17H2,1H3,(H,27,29)(H,28,30). The number of aromatic nitrogens is 2. The lowest BCUT2D eigenvalue weighted by molar-refractivity contribution is 0.0928. The number of rotatable bonds is 6. The summed E-state index contributed by atoms with van der Waals surface area (Å²) in [5, 5.41) is 6.58. The molecule has 1 saturated carbocycles. The molecule has 4 rings (SSSR count). The van der Waals surface area contributed by atoms with Crippen molar-refractivity contribution in [1.82, 2.24) is 15.3 Å². The van der Waals surface area contributed by atoms with E-state index in [-0.39, 0.29) is 11.9 Å². The summed E-state index contributed by atoms with van der Waals surface area (Å²) in [5.74, 6) is 0.548. The molecule has 30 heavy (non-hydrogen) atoms. The highest BCUT2D eigenvalue weighted by atomic mass is 16.1. The molecule has 5 heteroatoms. The Bertz CT molecular complexity index is 997.